The summed E-state index contributed by atoms with van der Waals surface area (Å²) in [5.41, 5.74) is -0.0592. The van der Waals surface area contributed by atoms with Crippen LogP contribution in [0.25, 0.3) is 0 Å². The molecular weight excluding hydrogens is 545 g/mol. The average molecular weight is 564 g/mol. The van der Waals surface area contributed by atoms with E-state index in [2.05, 4.69) is 24.6 Å². The molecule has 0 aliphatic carbocycles. The van der Waals surface area contributed by atoms with Crippen molar-refractivity contribution in [2.45, 2.75) is 38.0 Å². The summed E-state index contributed by atoms with van der Waals surface area (Å²) in [5.74, 6) is -0.580. The van der Waals surface area contributed by atoms with Crippen LogP contribution in [0.3, 0.4) is 0 Å². The Kier molecular flexibility index (Phi) is 7.83. The lowest BCUT2D eigenvalue weighted by molar-refractivity contribution is -0.144. The number of nitrogens with one attached hydrogen (secondary N) is 1. The van der Waals surface area contributed by atoms with Crippen LogP contribution in [0.2, 0.25) is 0 Å². The van der Waals surface area contributed by atoms with E-state index in [0.29, 0.717) is 16.8 Å². The number of alkyl halides is 7. The number of carbonyl (C=O) groups excluding carboxylic acids is 1. The number of aryl methyl sites for hydroxylation is 1. The second-order valence-corrected chi connectivity index (χ2v) is 9.31. The molecule has 1 amide bonds. The van der Waals surface area contributed by atoms with E-state index in [4.69, 9.17) is 4.74 Å². The van der Waals surface area contributed by atoms with Crippen LogP contribution in [0.15, 0.2) is 30.7 Å². The number of anilines is 1. The summed E-state index contributed by atoms with van der Waals surface area (Å²) < 4.78 is 99.5. The second kappa shape index (κ2) is 10.8. The summed E-state index contributed by atoms with van der Waals surface area (Å²) in [6.45, 7) is -0.306. The number of nitrogens with zero attached hydrogens (tertiary/aromatic N) is 5. The molecule has 0 bridgehead atoms. The fraction of sp³-hybridized carbons (Fsp3) is 0.409. The maximum absolute atomic E-state index is 14.1. The van der Waals surface area contributed by atoms with Gasteiger partial charge in [-0.05, 0) is 24.5 Å². The lowest BCUT2D eigenvalue weighted by atomic mass is 10.1. The van der Waals surface area contributed by atoms with Crippen molar-refractivity contribution < 1.29 is 40.3 Å². The maximum Gasteiger partial charge on any atom is 0.434 e. The maximum atomic E-state index is 14.1. The zero-order valence-electron chi connectivity index (χ0n) is 19.5. The fourth-order valence-electron chi connectivity index (χ4n) is 3.76. The molecule has 3 aromatic rings. The number of amides is 1. The number of halogens is 7. The van der Waals surface area contributed by atoms with Crippen molar-refractivity contribution in [1.29, 1.82) is 0 Å². The topological polar surface area (TPSA) is 93.1 Å². The third-order valence-corrected chi connectivity index (χ3v) is 6.38. The summed E-state index contributed by atoms with van der Waals surface area (Å²) in [4.78, 5) is 25.4. The Morgan fingerprint density at radius 1 is 1.11 bits per heavy atom. The Balaban J connectivity index is 1.38. The Hall–Kier alpha value is -3.40. The molecule has 204 valence electrons. The highest BCUT2D eigenvalue weighted by Crippen LogP contribution is 2.28. The van der Waals surface area contributed by atoms with Crippen molar-refractivity contribution in [3.8, 4) is 5.88 Å². The molecule has 4 heterocycles. The summed E-state index contributed by atoms with van der Waals surface area (Å²) in [7, 11) is 0. The van der Waals surface area contributed by atoms with E-state index in [1.165, 1.54) is 18.3 Å². The van der Waals surface area contributed by atoms with Gasteiger partial charge in [0.05, 0.1) is 41.6 Å². The minimum Gasteiger partial charge on any atom is -0.470 e. The standard InChI is InChI=1S/C22H19F7N6O2S/c1-11-19(16(38-34-11)4-13-6-31-17(7-30-13)22(27,28)29)20(36)33-12-2-3-18(32-5-12)37-15-9-35(8-14(15)23)10-21(24,25)26/h2-3,5-7,14-15H,4,8-10H2,1H3,(H,33,36)/t14-,15+/m0/s1. The molecule has 0 unspecified atom stereocenters. The highest BCUT2D eigenvalue weighted by atomic mass is 32.1. The first-order valence-electron chi connectivity index (χ1n) is 11.0. The van der Waals surface area contributed by atoms with Gasteiger partial charge in [0.15, 0.2) is 11.9 Å². The molecule has 0 spiro atoms. The zero-order valence-corrected chi connectivity index (χ0v) is 20.3. The number of hydrogen-bond donors (Lipinski definition) is 1. The molecule has 1 aliphatic rings. The molecule has 1 aliphatic heterocycles. The normalized spacial score (nSPS) is 18.5. The van der Waals surface area contributed by atoms with Crippen LogP contribution in [0.1, 0.15) is 32.3 Å². The third kappa shape index (κ3) is 6.92. The van der Waals surface area contributed by atoms with Crippen LogP contribution >= 0.6 is 11.5 Å². The van der Waals surface area contributed by atoms with Gasteiger partial charge in [-0.2, -0.15) is 30.7 Å². The lowest BCUT2D eigenvalue weighted by Gasteiger charge is -2.17. The van der Waals surface area contributed by atoms with Crippen LogP contribution in [0.4, 0.5) is 36.4 Å². The monoisotopic (exact) mass is 564 g/mol. The predicted octanol–water partition coefficient (Wildman–Crippen LogP) is 4.46. The molecule has 1 fully saturated rings. The van der Waals surface area contributed by atoms with Gasteiger partial charge in [0, 0.05) is 36.7 Å². The average Bonchev–Trinajstić information content (AvgIpc) is 3.34. The molecule has 0 aromatic carbocycles. The summed E-state index contributed by atoms with van der Waals surface area (Å²) >= 11 is 0.997. The first-order valence-corrected chi connectivity index (χ1v) is 11.8. The Labute approximate surface area is 215 Å². The van der Waals surface area contributed by atoms with Crippen LogP contribution in [-0.4, -0.2) is 68.2 Å². The summed E-state index contributed by atoms with van der Waals surface area (Å²) in [6, 6.07) is 2.76. The molecule has 4 rings (SSSR count). The zero-order chi connectivity index (χ0) is 27.7. The van der Waals surface area contributed by atoms with Crippen molar-refractivity contribution >= 4 is 23.1 Å². The number of likely N-dealkylation sites (tertiary alicyclic amines) is 1. The van der Waals surface area contributed by atoms with E-state index in [1.54, 1.807) is 6.92 Å². The summed E-state index contributed by atoms with van der Waals surface area (Å²) in [5, 5.41) is 2.62. The van der Waals surface area contributed by atoms with Crippen molar-refractivity contribution in [3.05, 3.63) is 58.2 Å². The van der Waals surface area contributed by atoms with Gasteiger partial charge in [-0.15, -0.1) is 0 Å². The van der Waals surface area contributed by atoms with Gasteiger partial charge in [-0.3, -0.25) is 14.7 Å². The van der Waals surface area contributed by atoms with Crippen molar-refractivity contribution in [2.24, 2.45) is 0 Å². The van der Waals surface area contributed by atoms with Gasteiger partial charge in [-0.25, -0.2) is 14.4 Å². The van der Waals surface area contributed by atoms with Crippen LogP contribution < -0.4 is 10.1 Å². The minimum atomic E-state index is -4.62. The van der Waals surface area contributed by atoms with Crippen molar-refractivity contribution in [1.82, 2.24) is 24.2 Å². The lowest BCUT2D eigenvalue weighted by Crippen LogP contribution is -2.33. The minimum absolute atomic E-state index is 0.0283. The first-order chi connectivity index (χ1) is 17.8. The van der Waals surface area contributed by atoms with Gasteiger partial charge < -0.3 is 10.1 Å². The first kappa shape index (κ1) is 27.6. The Morgan fingerprint density at radius 3 is 2.47 bits per heavy atom. The highest BCUT2D eigenvalue weighted by molar-refractivity contribution is 7.06. The van der Waals surface area contributed by atoms with Crippen LogP contribution in [0, 0.1) is 6.92 Å². The van der Waals surface area contributed by atoms with E-state index < -0.39 is 49.3 Å². The largest absolute Gasteiger partial charge is 0.470 e. The number of aromatic nitrogens is 4. The van der Waals surface area contributed by atoms with E-state index in [9.17, 15) is 35.5 Å². The molecule has 1 N–H and O–H groups in total. The SMILES string of the molecule is Cc1nsc(Cc2cnc(C(F)(F)F)cn2)c1C(=O)Nc1ccc(O[C@@H]2CN(CC(F)(F)F)C[C@@H]2F)nc1. The molecule has 16 heteroatoms. The van der Waals surface area contributed by atoms with E-state index >= 15 is 0 Å². The number of rotatable bonds is 7. The third-order valence-electron chi connectivity index (χ3n) is 5.44. The number of ether oxygens (including phenoxy) is 1. The number of hydrogen-bond acceptors (Lipinski definition) is 8. The molecular formula is C22H19F7N6O2S. The van der Waals surface area contributed by atoms with Crippen molar-refractivity contribution in [3.63, 3.8) is 0 Å². The van der Waals surface area contributed by atoms with E-state index in [1.807, 2.05) is 0 Å². The molecule has 3 aromatic heterocycles. The molecule has 38 heavy (non-hydrogen) atoms. The summed E-state index contributed by atoms with van der Waals surface area (Å²) in [6.07, 6.45) is -8.96. The van der Waals surface area contributed by atoms with E-state index in [-0.39, 0.29) is 35.8 Å². The van der Waals surface area contributed by atoms with Gasteiger partial charge in [-0.1, -0.05) is 0 Å². The number of carbonyl (C=O) groups is 1. The van der Waals surface area contributed by atoms with E-state index in [0.717, 1.165) is 22.6 Å². The van der Waals surface area contributed by atoms with Gasteiger partial charge in [0.25, 0.3) is 5.91 Å². The molecule has 8 nitrogen and oxygen atoms in total. The van der Waals surface area contributed by atoms with Crippen molar-refractivity contribution in [2.75, 3.05) is 25.0 Å². The van der Waals surface area contributed by atoms with Gasteiger partial charge in [0.2, 0.25) is 5.88 Å². The molecule has 0 saturated carbocycles. The fourth-order valence-corrected chi connectivity index (χ4v) is 4.64. The Morgan fingerprint density at radius 2 is 1.87 bits per heavy atom. The highest BCUT2D eigenvalue weighted by Gasteiger charge is 2.40. The number of pyridine rings is 1. The molecule has 0 radical (unpaired) electrons. The predicted molar refractivity (Wildman–Crippen MR) is 121 cm³/mol. The smallest absolute Gasteiger partial charge is 0.434 e. The molecule has 1 saturated heterocycles. The van der Waals surface area contributed by atoms with Gasteiger partial charge >= 0.3 is 12.4 Å². The quantitative estimate of drug-likeness (QED) is 0.424. The molecule has 2 atom stereocenters. The van der Waals surface area contributed by atoms with Crippen LogP contribution in [-0.2, 0) is 12.6 Å². The Bertz CT molecular complexity index is 1270. The second-order valence-electron chi connectivity index (χ2n) is 8.45. The van der Waals surface area contributed by atoms with Crippen LogP contribution in [0.5, 0.6) is 5.88 Å². The van der Waals surface area contributed by atoms with Gasteiger partial charge in [0.1, 0.15) is 6.10 Å².